The second-order valence-corrected chi connectivity index (χ2v) is 13.1. The summed E-state index contributed by atoms with van der Waals surface area (Å²) in [7, 11) is 0. The van der Waals surface area contributed by atoms with E-state index in [9.17, 15) is 4.79 Å². The van der Waals surface area contributed by atoms with E-state index >= 15 is 0 Å². The summed E-state index contributed by atoms with van der Waals surface area (Å²) in [6, 6.07) is 45.4. The first kappa shape index (κ1) is 33.2. The van der Waals surface area contributed by atoms with Gasteiger partial charge in [-0.1, -0.05) is 110 Å². The third-order valence-electron chi connectivity index (χ3n) is 9.85. The van der Waals surface area contributed by atoms with Crippen LogP contribution in [0.25, 0.3) is 10.9 Å². The first-order valence-corrected chi connectivity index (χ1v) is 17.6. The molecule has 2 unspecified atom stereocenters. The lowest BCUT2D eigenvalue weighted by atomic mass is 9.83. The fraction of sp³-hybridized carbons (Fsp3) is 0.250. The maximum atomic E-state index is 12.2. The smallest absolute Gasteiger partial charge is 0.209 e. The second kappa shape index (κ2) is 15.5. The van der Waals surface area contributed by atoms with Crippen molar-refractivity contribution in [3.8, 4) is 17.2 Å². The standard InChI is InChI=1S/C44H44N2O4/c1-44(46-29-26-36-18-10-11-19-40(36)46,37-20-23-39(24-21-37)50-43(31-47)45-27-12-2-3-13-28-45)38-22-25-41(48-32-34-14-6-4-7-15-34)42(30-38)49-33-35-16-8-5-9-17-35/h4-11,14-26,29-31,43H,2-3,12-13,27-28,32-33H2,1H3. The number of fused-ring (bicyclic) bond motifs is 1. The molecule has 6 heteroatoms. The number of carbonyl (C=O) groups is 1. The number of likely N-dealkylation sites (tertiary alicyclic amines) is 1. The number of hydrogen-bond donors (Lipinski definition) is 0. The topological polar surface area (TPSA) is 52.9 Å². The Balaban J connectivity index is 1.26. The zero-order valence-corrected chi connectivity index (χ0v) is 28.6. The van der Waals surface area contributed by atoms with E-state index < -0.39 is 11.8 Å². The van der Waals surface area contributed by atoms with Gasteiger partial charge in [0.05, 0.1) is 5.54 Å². The molecule has 0 radical (unpaired) electrons. The normalized spacial score (nSPS) is 15.5. The number of para-hydroxylation sites is 1. The van der Waals surface area contributed by atoms with Crippen molar-refractivity contribution in [2.24, 2.45) is 0 Å². The van der Waals surface area contributed by atoms with Gasteiger partial charge in [-0.3, -0.25) is 9.69 Å². The maximum absolute atomic E-state index is 12.2. The second-order valence-electron chi connectivity index (χ2n) is 13.1. The van der Waals surface area contributed by atoms with E-state index in [4.69, 9.17) is 14.2 Å². The van der Waals surface area contributed by atoms with Crippen LogP contribution in [0.4, 0.5) is 0 Å². The molecule has 0 bridgehead atoms. The van der Waals surface area contributed by atoms with Gasteiger partial charge >= 0.3 is 0 Å². The van der Waals surface area contributed by atoms with Crippen molar-refractivity contribution in [3.05, 3.63) is 162 Å². The highest BCUT2D eigenvalue weighted by Crippen LogP contribution is 2.41. The predicted molar refractivity (Wildman–Crippen MR) is 199 cm³/mol. The monoisotopic (exact) mass is 664 g/mol. The quantitative estimate of drug-likeness (QED) is 0.115. The highest BCUT2D eigenvalue weighted by molar-refractivity contribution is 5.81. The van der Waals surface area contributed by atoms with Crippen molar-refractivity contribution >= 4 is 17.2 Å². The highest BCUT2D eigenvalue weighted by atomic mass is 16.5. The van der Waals surface area contributed by atoms with Gasteiger partial charge < -0.3 is 18.8 Å². The third kappa shape index (κ3) is 7.31. The highest BCUT2D eigenvalue weighted by Gasteiger charge is 2.33. The molecule has 0 spiro atoms. The summed E-state index contributed by atoms with van der Waals surface area (Å²) < 4.78 is 21.5. The van der Waals surface area contributed by atoms with Crippen LogP contribution >= 0.6 is 0 Å². The first-order chi connectivity index (χ1) is 24.6. The van der Waals surface area contributed by atoms with Crippen LogP contribution in [-0.4, -0.2) is 35.1 Å². The van der Waals surface area contributed by atoms with Crippen LogP contribution in [0.2, 0.25) is 0 Å². The molecule has 1 aliphatic rings. The van der Waals surface area contributed by atoms with Crippen LogP contribution in [0.5, 0.6) is 17.2 Å². The molecule has 1 aromatic heterocycles. The Kier molecular flexibility index (Phi) is 10.3. The van der Waals surface area contributed by atoms with Gasteiger partial charge in [0.25, 0.3) is 0 Å². The van der Waals surface area contributed by atoms with E-state index in [1.165, 1.54) is 12.8 Å². The van der Waals surface area contributed by atoms with Gasteiger partial charge in [-0.15, -0.1) is 0 Å². The lowest BCUT2D eigenvalue weighted by Gasteiger charge is -2.35. The number of aldehydes is 1. The molecule has 1 aliphatic heterocycles. The Hall–Kier alpha value is -5.33. The Morgan fingerprint density at radius 3 is 1.92 bits per heavy atom. The molecule has 0 N–H and O–H groups in total. The summed E-state index contributed by atoms with van der Waals surface area (Å²) in [6.45, 7) is 4.83. The van der Waals surface area contributed by atoms with Gasteiger partial charge in [0.15, 0.2) is 17.8 Å². The van der Waals surface area contributed by atoms with E-state index in [1.54, 1.807) is 0 Å². The maximum Gasteiger partial charge on any atom is 0.209 e. The van der Waals surface area contributed by atoms with E-state index in [2.05, 4.69) is 101 Å². The summed E-state index contributed by atoms with van der Waals surface area (Å²) in [6.07, 6.45) is 7.05. The van der Waals surface area contributed by atoms with Gasteiger partial charge in [0, 0.05) is 24.8 Å². The zero-order chi connectivity index (χ0) is 34.2. The molecule has 0 aliphatic carbocycles. The molecule has 7 rings (SSSR count). The predicted octanol–water partition coefficient (Wildman–Crippen LogP) is 9.39. The fourth-order valence-electron chi connectivity index (χ4n) is 6.97. The molecule has 2 atom stereocenters. The molecule has 6 nitrogen and oxygen atoms in total. The largest absolute Gasteiger partial charge is 0.485 e. The molecule has 1 fully saturated rings. The Morgan fingerprint density at radius 1 is 0.660 bits per heavy atom. The summed E-state index contributed by atoms with van der Waals surface area (Å²) in [4.78, 5) is 14.3. The number of hydrogen-bond acceptors (Lipinski definition) is 5. The molecule has 1 saturated heterocycles. The van der Waals surface area contributed by atoms with Gasteiger partial charge in [0.2, 0.25) is 6.23 Å². The number of benzene rings is 5. The Labute approximate surface area is 294 Å². The summed E-state index contributed by atoms with van der Waals surface area (Å²) in [5.74, 6) is 2.04. The molecule has 2 heterocycles. The van der Waals surface area contributed by atoms with Crippen molar-refractivity contribution in [2.45, 2.75) is 57.6 Å². The van der Waals surface area contributed by atoms with Crippen LogP contribution in [-0.2, 0) is 23.5 Å². The molecule has 254 valence electrons. The minimum atomic E-state index is -0.640. The van der Waals surface area contributed by atoms with Crippen LogP contribution in [0.3, 0.4) is 0 Å². The Morgan fingerprint density at radius 2 is 1.26 bits per heavy atom. The van der Waals surface area contributed by atoms with Crippen molar-refractivity contribution in [2.75, 3.05) is 13.1 Å². The summed E-state index contributed by atoms with van der Waals surface area (Å²) in [5.41, 5.74) is 4.75. The molecule has 6 aromatic rings. The number of carbonyl (C=O) groups excluding carboxylic acids is 1. The van der Waals surface area contributed by atoms with Crippen molar-refractivity contribution in [1.29, 1.82) is 0 Å². The number of aromatic nitrogens is 1. The third-order valence-corrected chi connectivity index (χ3v) is 9.85. The van der Waals surface area contributed by atoms with Crippen LogP contribution < -0.4 is 14.2 Å². The molecule has 0 saturated carbocycles. The fourth-order valence-corrected chi connectivity index (χ4v) is 6.97. The zero-order valence-electron chi connectivity index (χ0n) is 28.6. The van der Waals surface area contributed by atoms with E-state index in [1.807, 2.05) is 54.6 Å². The molecular weight excluding hydrogens is 620 g/mol. The van der Waals surface area contributed by atoms with Crippen molar-refractivity contribution < 1.29 is 19.0 Å². The Bertz CT molecular complexity index is 1980. The molecular formula is C44H44N2O4. The van der Waals surface area contributed by atoms with Gasteiger partial charge in [-0.2, -0.15) is 0 Å². The van der Waals surface area contributed by atoms with Gasteiger partial charge in [-0.05, 0) is 83.8 Å². The SMILES string of the molecule is CC(c1ccc(OC(C=O)N2CCCCCC2)cc1)(c1ccc(OCc2ccccc2)c(OCc2ccccc2)c1)n1ccc2ccccc21. The number of rotatable bonds is 13. The lowest BCUT2D eigenvalue weighted by Crippen LogP contribution is -2.41. The molecule has 5 aromatic carbocycles. The number of nitrogens with zero attached hydrogens (tertiary/aromatic N) is 2. The minimum Gasteiger partial charge on any atom is -0.485 e. The van der Waals surface area contributed by atoms with Crippen LogP contribution in [0.15, 0.2) is 140 Å². The van der Waals surface area contributed by atoms with E-state index in [-0.39, 0.29) is 0 Å². The summed E-state index contributed by atoms with van der Waals surface area (Å²) in [5, 5.41) is 1.16. The summed E-state index contributed by atoms with van der Waals surface area (Å²) >= 11 is 0. The minimum absolute atomic E-state index is 0.413. The average Bonchev–Trinajstić information content (AvgIpc) is 3.43. The van der Waals surface area contributed by atoms with Crippen LogP contribution in [0, 0.1) is 0 Å². The first-order valence-electron chi connectivity index (χ1n) is 17.6. The van der Waals surface area contributed by atoms with E-state index in [0.29, 0.717) is 30.5 Å². The molecule has 0 amide bonds. The van der Waals surface area contributed by atoms with Gasteiger partial charge in [0.1, 0.15) is 19.0 Å². The van der Waals surface area contributed by atoms with Crippen molar-refractivity contribution in [1.82, 2.24) is 9.47 Å². The van der Waals surface area contributed by atoms with Crippen molar-refractivity contribution in [3.63, 3.8) is 0 Å². The number of ether oxygens (including phenoxy) is 3. The lowest BCUT2D eigenvalue weighted by molar-refractivity contribution is -0.121. The van der Waals surface area contributed by atoms with Gasteiger partial charge in [-0.25, -0.2) is 0 Å². The van der Waals surface area contributed by atoms with E-state index in [0.717, 1.165) is 65.4 Å². The average molecular weight is 665 g/mol. The molecule has 50 heavy (non-hydrogen) atoms. The van der Waals surface area contributed by atoms with Crippen LogP contribution in [0.1, 0.15) is 54.9 Å².